The second kappa shape index (κ2) is 7.49. The minimum absolute atomic E-state index is 0.132. The van der Waals surface area contributed by atoms with Gasteiger partial charge in [0.25, 0.3) is 11.5 Å². The van der Waals surface area contributed by atoms with Gasteiger partial charge in [0.1, 0.15) is 12.6 Å². The Labute approximate surface area is 153 Å². The molecule has 0 radical (unpaired) electrons. The topological polar surface area (TPSA) is 89.8 Å². The van der Waals surface area contributed by atoms with Crippen molar-refractivity contribution in [1.82, 2.24) is 14.7 Å². The summed E-state index contributed by atoms with van der Waals surface area (Å²) in [6, 6.07) is 9.11. The molecule has 0 saturated carbocycles. The van der Waals surface area contributed by atoms with Crippen LogP contribution in [-0.2, 0) is 16.1 Å². The zero-order chi connectivity index (χ0) is 18.7. The first kappa shape index (κ1) is 17.8. The van der Waals surface area contributed by atoms with Crippen LogP contribution in [0.5, 0.6) is 0 Å². The molecular weight excluding hydrogens is 354 g/mol. The Kier molecular flexibility index (Phi) is 5.13. The number of nitrogens with zero attached hydrogens (tertiary/aromatic N) is 2. The molecule has 26 heavy (non-hydrogen) atoms. The van der Waals surface area contributed by atoms with E-state index in [9.17, 15) is 14.4 Å². The van der Waals surface area contributed by atoms with Gasteiger partial charge in [-0.25, -0.2) is 9.78 Å². The summed E-state index contributed by atoms with van der Waals surface area (Å²) in [4.78, 5) is 41.1. The van der Waals surface area contributed by atoms with Gasteiger partial charge in [-0.1, -0.05) is 18.2 Å². The largest absolute Gasteiger partial charge is 0.458 e. The number of fused-ring (bicyclic) bond motifs is 1. The number of aryl methyl sites for hydroxylation is 1. The lowest BCUT2D eigenvalue weighted by molar-refractivity contribution is -0.146. The van der Waals surface area contributed by atoms with Crippen molar-refractivity contribution in [1.29, 1.82) is 0 Å². The van der Waals surface area contributed by atoms with Crippen LogP contribution in [0.2, 0.25) is 0 Å². The van der Waals surface area contributed by atoms with Gasteiger partial charge in [0.05, 0.1) is 5.69 Å². The molecule has 134 valence electrons. The molecule has 0 aliphatic rings. The highest BCUT2D eigenvalue weighted by Gasteiger charge is 2.18. The molecule has 1 aromatic carbocycles. The van der Waals surface area contributed by atoms with E-state index < -0.39 is 12.0 Å². The Morgan fingerprint density at radius 1 is 1.31 bits per heavy atom. The molecular formula is C18H17N3O4S. The van der Waals surface area contributed by atoms with Crippen molar-refractivity contribution in [3.05, 3.63) is 69.1 Å². The van der Waals surface area contributed by atoms with Crippen molar-refractivity contribution >= 4 is 28.2 Å². The van der Waals surface area contributed by atoms with Crippen LogP contribution in [0.3, 0.4) is 0 Å². The van der Waals surface area contributed by atoms with Crippen LogP contribution in [0.15, 0.2) is 46.6 Å². The third kappa shape index (κ3) is 3.80. The lowest BCUT2D eigenvalue weighted by Gasteiger charge is -2.13. The summed E-state index contributed by atoms with van der Waals surface area (Å²) in [6.07, 6.45) is 0. The minimum atomic E-state index is -0.823. The van der Waals surface area contributed by atoms with E-state index in [2.05, 4.69) is 10.3 Å². The van der Waals surface area contributed by atoms with Crippen molar-refractivity contribution in [2.45, 2.75) is 26.5 Å². The van der Waals surface area contributed by atoms with Gasteiger partial charge in [0.15, 0.2) is 4.96 Å². The van der Waals surface area contributed by atoms with Gasteiger partial charge in [-0.3, -0.25) is 14.0 Å². The van der Waals surface area contributed by atoms with Gasteiger partial charge in [-0.05, 0) is 26.0 Å². The van der Waals surface area contributed by atoms with Crippen LogP contribution >= 0.6 is 11.3 Å². The van der Waals surface area contributed by atoms with Gasteiger partial charge in [0.2, 0.25) is 0 Å². The van der Waals surface area contributed by atoms with Crippen LogP contribution in [0.1, 0.15) is 28.7 Å². The smallest absolute Gasteiger partial charge is 0.328 e. The molecule has 0 fully saturated rings. The quantitative estimate of drug-likeness (QED) is 0.692. The van der Waals surface area contributed by atoms with Gasteiger partial charge in [-0.15, -0.1) is 11.3 Å². The summed E-state index contributed by atoms with van der Waals surface area (Å²) in [6.45, 7) is 3.23. The Hall–Kier alpha value is -3.00. The molecule has 0 aliphatic heterocycles. The van der Waals surface area contributed by atoms with E-state index in [-0.39, 0.29) is 18.1 Å². The molecule has 0 saturated heterocycles. The highest BCUT2D eigenvalue weighted by molar-refractivity contribution is 7.15. The van der Waals surface area contributed by atoms with Crippen LogP contribution in [0.4, 0.5) is 0 Å². The molecule has 1 atom stereocenters. The van der Waals surface area contributed by atoms with E-state index in [0.717, 1.165) is 5.69 Å². The maximum Gasteiger partial charge on any atom is 0.328 e. The monoisotopic (exact) mass is 371 g/mol. The highest BCUT2D eigenvalue weighted by Crippen LogP contribution is 2.12. The number of rotatable bonds is 5. The predicted octanol–water partition coefficient (Wildman–Crippen LogP) is 1.93. The SMILES string of the molecule is Cc1csc2nc(COC(=O)C(C)NC(=O)c3ccccc3)cc(=O)n12. The fourth-order valence-corrected chi connectivity index (χ4v) is 3.26. The summed E-state index contributed by atoms with van der Waals surface area (Å²) in [7, 11) is 0. The van der Waals surface area contributed by atoms with E-state index in [4.69, 9.17) is 4.74 Å². The minimum Gasteiger partial charge on any atom is -0.458 e. The standard InChI is InChI=1S/C18H17N3O4S/c1-11-10-26-18-20-14(8-15(22)21(11)18)9-25-17(24)12(2)19-16(23)13-6-4-3-5-7-13/h3-8,10,12H,9H2,1-2H3,(H,19,23). The third-order valence-corrected chi connectivity index (χ3v) is 4.67. The zero-order valence-corrected chi connectivity index (χ0v) is 15.1. The number of aromatic nitrogens is 2. The molecule has 1 unspecified atom stereocenters. The van der Waals surface area contributed by atoms with Crippen LogP contribution in [-0.4, -0.2) is 27.3 Å². The van der Waals surface area contributed by atoms with E-state index in [0.29, 0.717) is 16.2 Å². The molecule has 8 heteroatoms. The number of ether oxygens (including phenoxy) is 1. The van der Waals surface area contributed by atoms with Crippen LogP contribution in [0.25, 0.3) is 4.96 Å². The fourth-order valence-electron chi connectivity index (χ4n) is 2.37. The zero-order valence-electron chi connectivity index (χ0n) is 14.3. The molecule has 2 aromatic heterocycles. The molecule has 7 nitrogen and oxygen atoms in total. The second-order valence-corrected chi connectivity index (χ2v) is 6.59. The Balaban J connectivity index is 1.61. The average molecular weight is 371 g/mol. The molecule has 0 aliphatic carbocycles. The normalized spacial score (nSPS) is 11.9. The van der Waals surface area contributed by atoms with Gasteiger partial charge in [0, 0.05) is 22.7 Å². The third-order valence-electron chi connectivity index (χ3n) is 3.73. The number of thiazole rings is 1. The number of carbonyl (C=O) groups is 2. The number of carbonyl (C=O) groups excluding carboxylic acids is 2. The summed E-state index contributed by atoms with van der Waals surface area (Å²) >= 11 is 1.34. The number of hydrogen-bond donors (Lipinski definition) is 1. The molecule has 0 bridgehead atoms. The Morgan fingerprint density at radius 3 is 2.77 bits per heavy atom. The fraction of sp³-hybridized carbons (Fsp3) is 0.222. The van der Waals surface area contributed by atoms with Crippen molar-refractivity contribution < 1.29 is 14.3 Å². The summed E-state index contributed by atoms with van der Waals surface area (Å²) in [5, 5.41) is 4.41. The first-order valence-corrected chi connectivity index (χ1v) is 8.83. The molecule has 0 spiro atoms. The average Bonchev–Trinajstić information content (AvgIpc) is 3.01. The van der Waals surface area contributed by atoms with Crippen molar-refractivity contribution in [2.24, 2.45) is 0 Å². The highest BCUT2D eigenvalue weighted by atomic mass is 32.1. The van der Waals surface area contributed by atoms with Crippen molar-refractivity contribution in [2.75, 3.05) is 0 Å². The molecule has 2 heterocycles. The maximum atomic E-state index is 12.1. The number of benzene rings is 1. The van der Waals surface area contributed by atoms with E-state index in [1.165, 1.54) is 28.7 Å². The van der Waals surface area contributed by atoms with Crippen LogP contribution in [0, 0.1) is 6.92 Å². The number of hydrogen-bond acceptors (Lipinski definition) is 6. The second-order valence-electron chi connectivity index (χ2n) is 5.75. The summed E-state index contributed by atoms with van der Waals surface area (Å²) < 4.78 is 6.68. The molecule has 1 N–H and O–H groups in total. The molecule has 1 amide bonds. The summed E-state index contributed by atoms with van der Waals surface area (Å²) in [5.74, 6) is -0.958. The van der Waals surface area contributed by atoms with Gasteiger partial charge >= 0.3 is 5.97 Å². The number of amides is 1. The van der Waals surface area contributed by atoms with Crippen molar-refractivity contribution in [3.8, 4) is 0 Å². The molecule has 3 aromatic rings. The lowest BCUT2D eigenvalue weighted by atomic mass is 10.2. The predicted molar refractivity (Wildman–Crippen MR) is 97.2 cm³/mol. The van der Waals surface area contributed by atoms with Gasteiger partial charge in [-0.2, -0.15) is 0 Å². The number of esters is 1. The van der Waals surface area contributed by atoms with Gasteiger partial charge < -0.3 is 10.1 Å². The Bertz CT molecular complexity index is 1010. The van der Waals surface area contributed by atoms with E-state index in [1.807, 2.05) is 12.3 Å². The van der Waals surface area contributed by atoms with E-state index in [1.54, 1.807) is 30.3 Å². The Morgan fingerprint density at radius 2 is 2.04 bits per heavy atom. The lowest BCUT2D eigenvalue weighted by Crippen LogP contribution is -2.39. The van der Waals surface area contributed by atoms with E-state index >= 15 is 0 Å². The molecule has 3 rings (SSSR count). The first-order valence-electron chi connectivity index (χ1n) is 7.95. The van der Waals surface area contributed by atoms with Crippen LogP contribution < -0.4 is 10.9 Å². The van der Waals surface area contributed by atoms with Crippen molar-refractivity contribution in [3.63, 3.8) is 0 Å². The maximum absolute atomic E-state index is 12.1. The number of nitrogens with one attached hydrogen (secondary N) is 1. The first-order chi connectivity index (χ1) is 12.5. The summed E-state index contributed by atoms with van der Waals surface area (Å²) in [5.41, 5.74) is 1.42.